The van der Waals surface area contributed by atoms with Gasteiger partial charge in [-0.1, -0.05) is 42.2 Å². The minimum Gasteiger partial charge on any atom is -0.491 e. The fourth-order valence-corrected chi connectivity index (χ4v) is 9.59. The summed E-state index contributed by atoms with van der Waals surface area (Å²) in [7, 11) is 0. The van der Waals surface area contributed by atoms with Crippen LogP contribution in [-0.4, -0.2) is 120 Å². The van der Waals surface area contributed by atoms with Gasteiger partial charge in [-0.05, 0) is 88.8 Å². The molecule has 8 rings (SSSR count). The molecule has 3 aliphatic heterocycles. The van der Waals surface area contributed by atoms with E-state index in [1.807, 2.05) is 44.2 Å². The monoisotopic (exact) mass is 833 g/mol. The Hall–Kier alpha value is -4.40. The number of hydrogen-bond acceptors (Lipinski definition) is 10. The van der Waals surface area contributed by atoms with Gasteiger partial charge < -0.3 is 39.6 Å². The summed E-state index contributed by atoms with van der Waals surface area (Å²) in [6.45, 7) is 8.21. The van der Waals surface area contributed by atoms with E-state index in [-0.39, 0.29) is 31.4 Å². The van der Waals surface area contributed by atoms with Crippen LogP contribution in [0.25, 0.3) is 17.0 Å². The first-order valence-corrected chi connectivity index (χ1v) is 21.7. The number of allylic oxidation sites excluding steroid dienone is 2. The number of amides is 3. The van der Waals surface area contributed by atoms with Crippen LogP contribution in [0.5, 0.6) is 11.5 Å². The summed E-state index contributed by atoms with van der Waals surface area (Å²) < 4.78 is 24.1. The van der Waals surface area contributed by atoms with Gasteiger partial charge in [-0.15, -0.1) is 0 Å². The van der Waals surface area contributed by atoms with E-state index in [0.717, 1.165) is 57.3 Å². The molecule has 4 heterocycles. The van der Waals surface area contributed by atoms with Crippen molar-refractivity contribution in [1.82, 2.24) is 25.4 Å². The predicted molar refractivity (Wildman–Crippen MR) is 220 cm³/mol. The Morgan fingerprint density at radius 3 is 2.63 bits per heavy atom. The van der Waals surface area contributed by atoms with Gasteiger partial charge >= 0.3 is 12.1 Å². The zero-order valence-electron chi connectivity index (χ0n) is 34.0. The quantitative estimate of drug-likeness (QED) is 0.250. The minimum atomic E-state index is -1.45. The fraction of sp³-hybridized carbons (Fsp3) is 0.614. The molecule has 3 saturated carbocycles. The molecule has 0 unspecified atom stereocenters. The van der Waals surface area contributed by atoms with E-state index in [9.17, 15) is 24.3 Å². The van der Waals surface area contributed by atoms with E-state index in [1.54, 1.807) is 6.07 Å². The van der Waals surface area contributed by atoms with Crippen molar-refractivity contribution in [2.45, 2.75) is 108 Å². The van der Waals surface area contributed by atoms with Crippen molar-refractivity contribution in [3.8, 4) is 11.5 Å². The number of pyridine rings is 1. The van der Waals surface area contributed by atoms with E-state index < -0.39 is 47.6 Å². The number of alkyl carbamates (subject to hydrolysis) is 1. The van der Waals surface area contributed by atoms with Gasteiger partial charge in [-0.2, -0.15) is 0 Å². The van der Waals surface area contributed by atoms with Gasteiger partial charge in [0, 0.05) is 43.4 Å². The number of aliphatic carboxylic acids is 1. The van der Waals surface area contributed by atoms with Gasteiger partial charge in [0.25, 0.3) is 0 Å². The molecule has 0 bridgehead atoms. The number of nitrogens with zero attached hydrogens (tertiary/aromatic N) is 3. The Morgan fingerprint density at radius 2 is 1.86 bits per heavy atom. The Bertz CT molecular complexity index is 1990. The molecule has 3 amide bonds. The number of hydrogen-bond donors (Lipinski definition) is 3. The number of carboxylic acids is 1. The highest BCUT2D eigenvalue weighted by molar-refractivity contribution is 6.36. The molecule has 2 saturated heterocycles. The number of morpholine rings is 1. The molecule has 5 fully saturated rings. The standard InChI is InChI=1S/C44H56ClN5O9/c1-26(2)18-30-22-37(33-10-11-36(38(45)39(33)46-30)57-17-14-49-12-15-56-16-13-49)58-32-23-35-40(51)48-44(42(53)54)24-29(44)8-6-4-3-5-7-9-34(41(52)50(35)25-32)47-43(55)59-31-20-27-19-28(27)21-31/h6,8,10-11,18,22,27-29,31-32,34-35H,3-5,7,9,12-17,19-21,23-25H2,1-2H3,(H,47,55)(H,48,51)(H,53,54)/b8-6-/t27-,28+,29-,31+,32-,34+,35+,44-/m1/s1. The summed E-state index contributed by atoms with van der Waals surface area (Å²) in [6, 6.07) is 3.47. The van der Waals surface area contributed by atoms with Gasteiger partial charge in [-0.3, -0.25) is 14.5 Å². The van der Waals surface area contributed by atoms with Crippen molar-refractivity contribution in [2.75, 3.05) is 46.0 Å². The van der Waals surface area contributed by atoms with Crippen LogP contribution < -0.4 is 20.1 Å². The molecule has 1 aromatic heterocycles. The Labute approximate surface area is 350 Å². The van der Waals surface area contributed by atoms with Gasteiger partial charge in [0.15, 0.2) is 0 Å². The molecule has 14 nitrogen and oxygen atoms in total. The molecule has 59 heavy (non-hydrogen) atoms. The lowest BCUT2D eigenvalue weighted by molar-refractivity contribution is -0.145. The maximum atomic E-state index is 14.6. The summed E-state index contributed by atoms with van der Waals surface area (Å²) in [5.41, 5.74) is 0.651. The third-order valence-electron chi connectivity index (χ3n) is 12.8. The second-order valence-corrected chi connectivity index (χ2v) is 17.8. The lowest BCUT2D eigenvalue weighted by atomic mass is 10.0. The molecule has 15 heteroatoms. The molecule has 1 aromatic carbocycles. The Morgan fingerprint density at radius 1 is 1.07 bits per heavy atom. The molecule has 2 aromatic rings. The smallest absolute Gasteiger partial charge is 0.408 e. The van der Waals surface area contributed by atoms with Crippen molar-refractivity contribution in [3.63, 3.8) is 0 Å². The number of rotatable bonds is 10. The van der Waals surface area contributed by atoms with Crippen molar-refractivity contribution < 1.29 is 43.2 Å². The second kappa shape index (κ2) is 17.7. The van der Waals surface area contributed by atoms with Crippen molar-refractivity contribution in [2.24, 2.45) is 17.8 Å². The number of fused-ring (bicyclic) bond motifs is 4. The molecule has 3 aliphatic carbocycles. The van der Waals surface area contributed by atoms with Crippen LogP contribution in [0.4, 0.5) is 4.79 Å². The average molecular weight is 834 g/mol. The van der Waals surface area contributed by atoms with Crippen LogP contribution in [0.15, 0.2) is 35.9 Å². The Kier molecular flexibility index (Phi) is 12.4. The predicted octanol–water partition coefficient (Wildman–Crippen LogP) is 5.74. The number of carbonyl (C=O) groups is 4. The number of aromatic nitrogens is 1. The number of carbonyl (C=O) groups excluding carboxylic acids is 3. The summed E-state index contributed by atoms with van der Waals surface area (Å²) in [5, 5.41) is 17.0. The van der Waals surface area contributed by atoms with Gasteiger partial charge in [0.2, 0.25) is 11.8 Å². The van der Waals surface area contributed by atoms with E-state index in [1.165, 1.54) is 11.3 Å². The zero-order chi connectivity index (χ0) is 41.3. The lowest BCUT2D eigenvalue weighted by Crippen LogP contribution is -2.56. The third kappa shape index (κ3) is 9.49. The summed E-state index contributed by atoms with van der Waals surface area (Å²) in [4.78, 5) is 63.4. The van der Waals surface area contributed by atoms with Crippen molar-refractivity contribution in [3.05, 3.63) is 46.6 Å². The second-order valence-electron chi connectivity index (χ2n) is 17.4. The number of ether oxygens (including phenoxy) is 4. The minimum absolute atomic E-state index is 0.0256. The Balaban J connectivity index is 1.06. The number of benzene rings is 1. The molecule has 8 atom stereocenters. The maximum Gasteiger partial charge on any atom is 0.408 e. The molecule has 6 aliphatic rings. The largest absolute Gasteiger partial charge is 0.491 e. The molecule has 0 spiro atoms. The summed E-state index contributed by atoms with van der Waals surface area (Å²) in [6.07, 6.45) is 11.0. The first-order chi connectivity index (χ1) is 28.5. The highest BCUT2D eigenvalue weighted by atomic mass is 35.5. The molecule has 0 radical (unpaired) electrons. The van der Waals surface area contributed by atoms with Crippen molar-refractivity contribution >= 4 is 52.5 Å². The highest BCUT2D eigenvalue weighted by Crippen LogP contribution is 2.52. The molecular weight excluding hydrogens is 778 g/mol. The molecule has 3 N–H and O–H groups in total. The van der Waals surface area contributed by atoms with Crippen LogP contribution in [0.1, 0.15) is 83.7 Å². The van der Waals surface area contributed by atoms with E-state index in [0.29, 0.717) is 77.6 Å². The topological polar surface area (TPSA) is 169 Å². The lowest BCUT2D eigenvalue weighted by Gasteiger charge is -2.29. The molecule has 318 valence electrons. The van der Waals surface area contributed by atoms with Crippen LogP contribution in [-0.2, 0) is 23.9 Å². The number of carboxylic acid groups (broad SMARTS) is 1. The number of nitrogens with one attached hydrogen (secondary N) is 2. The van der Waals surface area contributed by atoms with Crippen LogP contribution >= 0.6 is 11.6 Å². The van der Waals surface area contributed by atoms with Crippen LogP contribution in [0.2, 0.25) is 5.02 Å². The fourth-order valence-electron chi connectivity index (χ4n) is 9.33. The zero-order valence-corrected chi connectivity index (χ0v) is 34.7. The first kappa shape index (κ1) is 41.3. The van der Waals surface area contributed by atoms with E-state index in [2.05, 4.69) is 15.5 Å². The first-order valence-electron chi connectivity index (χ1n) is 21.3. The summed E-state index contributed by atoms with van der Waals surface area (Å²) >= 11 is 7.00. The highest BCUT2D eigenvalue weighted by Gasteiger charge is 2.61. The normalized spacial score (nSPS) is 31.4. The van der Waals surface area contributed by atoms with Crippen LogP contribution in [0.3, 0.4) is 0 Å². The molecular formula is C44H56ClN5O9. The average Bonchev–Trinajstić information content (AvgIpc) is 4.00. The van der Waals surface area contributed by atoms with Gasteiger partial charge in [0.05, 0.1) is 31.0 Å². The van der Waals surface area contributed by atoms with Gasteiger partial charge in [0.1, 0.15) is 53.0 Å². The number of halogens is 1. The summed E-state index contributed by atoms with van der Waals surface area (Å²) in [5.74, 6) is -0.270. The third-order valence-corrected chi connectivity index (χ3v) is 13.1. The SMILES string of the molecule is CC(C)=Cc1cc(O[C@@H]2C[C@H]3C(=O)N[C@]4(C(=O)O)C[C@H]4/C=C\CCCCC[C@H](NC(=O)O[C@@H]4C[C@@H]5C[C@@H]5C4)C(=O)N3C2)c2ccc(OCCN3CCOCC3)c(Cl)c2n1. The van der Waals surface area contributed by atoms with Crippen LogP contribution in [0, 0.1) is 17.8 Å². The van der Waals surface area contributed by atoms with Crippen molar-refractivity contribution in [1.29, 1.82) is 0 Å². The van der Waals surface area contributed by atoms with E-state index >= 15 is 0 Å². The maximum absolute atomic E-state index is 14.6. The van der Waals surface area contributed by atoms with E-state index in [4.69, 9.17) is 35.5 Å². The van der Waals surface area contributed by atoms with Gasteiger partial charge in [-0.25, -0.2) is 14.6 Å².